The summed E-state index contributed by atoms with van der Waals surface area (Å²) in [4.78, 5) is 11.2. The van der Waals surface area contributed by atoms with Gasteiger partial charge in [-0.25, -0.2) is 0 Å². The third kappa shape index (κ3) is 2.61. The predicted molar refractivity (Wildman–Crippen MR) is 62.5 cm³/mol. The first-order chi connectivity index (χ1) is 7.56. The topological polar surface area (TPSA) is 49.3 Å². The van der Waals surface area contributed by atoms with E-state index < -0.39 is 12.0 Å². The van der Waals surface area contributed by atoms with E-state index in [1.165, 1.54) is 0 Å². The first-order valence-corrected chi connectivity index (χ1v) is 5.63. The van der Waals surface area contributed by atoms with E-state index in [2.05, 4.69) is 11.4 Å². The van der Waals surface area contributed by atoms with E-state index in [9.17, 15) is 9.90 Å². The molecule has 0 radical (unpaired) electrons. The molecule has 0 saturated heterocycles. The van der Waals surface area contributed by atoms with Crippen molar-refractivity contribution < 1.29 is 9.90 Å². The molecule has 1 saturated carbocycles. The lowest BCUT2D eigenvalue weighted by molar-refractivity contribution is -0.139. The second kappa shape index (κ2) is 4.26. The van der Waals surface area contributed by atoms with Crippen LogP contribution in [-0.4, -0.2) is 17.1 Å². The lowest BCUT2D eigenvalue weighted by Crippen LogP contribution is -2.30. The molecule has 0 spiro atoms. The molecule has 86 valence electrons. The summed E-state index contributed by atoms with van der Waals surface area (Å²) >= 11 is 0. The molecule has 1 aromatic rings. The fourth-order valence-corrected chi connectivity index (χ4v) is 1.97. The van der Waals surface area contributed by atoms with Crippen molar-refractivity contribution in [2.45, 2.75) is 38.8 Å². The van der Waals surface area contributed by atoms with Crippen molar-refractivity contribution in [3.05, 3.63) is 34.9 Å². The molecule has 2 N–H and O–H groups in total. The second-order valence-corrected chi connectivity index (χ2v) is 4.63. The van der Waals surface area contributed by atoms with Crippen molar-refractivity contribution in [1.82, 2.24) is 5.32 Å². The number of aliphatic carboxylic acids is 1. The van der Waals surface area contributed by atoms with Crippen LogP contribution in [0, 0.1) is 13.8 Å². The Morgan fingerprint density at radius 3 is 2.31 bits per heavy atom. The molecule has 1 atom stereocenters. The summed E-state index contributed by atoms with van der Waals surface area (Å²) in [6.45, 7) is 3.99. The molecular formula is C13H17NO2. The van der Waals surface area contributed by atoms with Crippen molar-refractivity contribution in [2.24, 2.45) is 0 Å². The van der Waals surface area contributed by atoms with Gasteiger partial charge in [0.05, 0.1) is 0 Å². The molecule has 0 aromatic heterocycles. The lowest BCUT2D eigenvalue weighted by atomic mass is 10.0. The SMILES string of the molecule is Cc1cc(C)cc(C(NC2CC2)C(=O)O)c1. The Morgan fingerprint density at radius 1 is 1.31 bits per heavy atom. The van der Waals surface area contributed by atoms with Gasteiger partial charge in [0.25, 0.3) is 0 Å². The van der Waals surface area contributed by atoms with Gasteiger partial charge in [-0.05, 0) is 32.3 Å². The normalized spacial score (nSPS) is 17.1. The number of carboxylic acid groups (broad SMARTS) is 1. The monoisotopic (exact) mass is 219 g/mol. The van der Waals surface area contributed by atoms with Gasteiger partial charge >= 0.3 is 5.97 Å². The number of hydrogen-bond acceptors (Lipinski definition) is 2. The zero-order valence-corrected chi connectivity index (χ0v) is 9.66. The van der Waals surface area contributed by atoms with Crippen LogP contribution in [0.1, 0.15) is 35.6 Å². The van der Waals surface area contributed by atoms with Crippen molar-refractivity contribution in [1.29, 1.82) is 0 Å². The number of hydrogen-bond donors (Lipinski definition) is 2. The summed E-state index contributed by atoms with van der Waals surface area (Å²) < 4.78 is 0. The standard InChI is InChI=1S/C13H17NO2/c1-8-5-9(2)7-10(6-8)12(13(15)16)14-11-3-4-11/h5-7,11-12,14H,3-4H2,1-2H3,(H,15,16). The molecule has 0 aliphatic heterocycles. The van der Waals surface area contributed by atoms with Crippen LogP contribution < -0.4 is 5.32 Å². The van der Waals surface area contributed by atoms with Crippen LogP contribution in [0.2, 0.25) is 0 Å². The van der Waals surface area contributed by atoms with E-state index >= 15 is 0 Å². The summed E-state index contributed by atoms with van der Waals surface area (Å²) in [7, 11) is 0. The molecule has 2 rings (SSSR count). The Kier molecular flexibility index (Phi) is 2.97. The van der Waals surface area contributed by atoms with Crippen LogP contribution in [-0.2, 0) is 4.79 Å². The highest BCUT2D eigenvalue weighted by atomic mass is 16.4. The van der Waals surface area contributed by atoms with E-state index in [0.717, 1.165) is 29.5 Å². The van der Waals surface area contributed by atoms with E-state index in [1.54, 1.807) is 0 Å². The average Bonchev–Trinajstić information content (AvgIpc) is 2.95. The quantitative estimate of drug-likeness (QED) is 0.816. The van der Waals surface area contributed by atoms with Gasteiger partial charge < -0.3 is 5.11 Å². The Morgan fingerprint density at radius 2 is 1.88 bits per heavy atom. The molecule has 0 heterocycles. The Balaban J connectivity index is 2.25. The summed E-state index contributed by atoms with van der Waals surface area (Å²) in [5, 5.41) is 12.4. The first-order valence-electron chi connectivity index (χ1n) is 5.63. The highest BCUT2D eigenvalue weighted by molar-refractivity contribution is 5.75. The molecule has 1 aliphatic rings. The number of carbonyl (C=O) groups is 1. The minimum Gasteiger partial charge on any atom is -0.480 e. The minimum absolute atomic E-state index is 0.391. The summed E-state index contributed by atoms with van der Waals surface area (Å²) in [5.41, 5.74) is 3.08. The van der Waals surface area contributed by atoms with Gasteiger partial charge in [0.15, 0.2) is 0 Å². The molecule has 0 amide bonds. The van der Waals surface area contributed by atoms with Crippen LogP contribution in [0.3, 0.4) is 0 Å². The maximum Gasteiger partial charge on any atom is 0.325 e. The zero-order chi connectivity index (χ0) is 11.7. The number of carboxylic acids is 1. The minimum atomic E-state index is -0.795. The van der Waals surface area contributed by atoms with Gasteiger partial charge in [0.2, 0.25) is 0 Å². The zero-order valence-electron chi connectivity index (χ0n) is 9.66. The van der Waals surface area contributed by atoms with Gasteiger partial charge in [-0.2, -0.15) is 0 Å². The van der Waals surface area contributed by atoms with Crippen LogP contribution >= 0.6 is 0 Å². The van der Waals surface area contributed by atoms with E-state index in [0.29, 0.717) is 6.04 Å². The largest absolute Gasteiger partial charge is 0.480 e. The van der Waals surface area contributed by atoms with Gasteiger partial charge in [0.1, 0.15) is 6.04 Å². The van der Waals surface area contributed by atoms with Crippen molar-refractivity contribution in [3.63, 3.8) is 0 Å². The van der Waals surface area contributed by atoms with E-state index in [1.807, 2.05) is 26.0 Å². The highest BCUT2D eigenvalue weighted by Crippen LogP contribution is 2.25. The molecular weight excluding hydrogens is 202 g/mol. The Hall–Kier alpha value is -1.35. The molecule has 1 unspecified atom stereocenters. The van der Waals surface area contributed by atoms with Crippen LogP contribution in [0.15, 0.2) is 18.2 Å². The lowest BCUT2D eigenvalue weighted by Gasteiger charge is -2.15. The molecule has 3 nitrogen and oxygen atoms in total. The molecule has 1 aliphatic carbocycles. The van der Waals surface area contributed by atoms with Crippen molar-refractivity contribution in [3.8, 4) is 0 Å². The first kappa shape index (κ1) is 11.1. The fourth-order valence-electron chi connectivity index (χ4n) is 1.97. The fraction of sp³-hybridized carbons (Fsp3) is 0.462. The predicted octanol–water partition coefficient (Wildman–Crippen LogP) is 2.18. The molecule has 0 bridgehead atoms. The summed E-state index contributed by atoms with van der Waals surface area (Å²) in [6, 6.07) is 5.77. The van der Waals surface area contributed by atoms with E-state index in [-0.39, 0.29) is 0 Å². The van der Waals surface area contributed by atoms with Crippen molar-refractivity contribution >= 4 is 5.97 Å². The molecule has 16 heavy (non-hydrogen) atoms. The third-order valence-electron chi connectivity index (χ3n) is 2.80. The number of benzene rings is 1. The second-order valence-electron chi connectivity index (χ2n) is 4.63. The van der Waals surface area contributed by atoms with Crippen LogP contribution in [0.5, 0.6) is 0 Å². The maximum atomic E-state index is 11.2. The van der Waals surface area contributed by atoms with Crippen molar-refractivity contribution in [2.75, 3.05) is 0 Å². The highest BCUT2D eigenvalue weighted by Gasteiger charge is 2.29. The van der Waals surface area contributed by atoms with Gasteiger partial charge in [-0.3, -0.25) is 10.1 Å². The molecule has 3 heteroatoms. The summed E-state index contributed by atoms with van der Waals surface area (Å²) in [5.74, 6) is -0.795. The molecule has 1 fully saturated rings. The van der Waals surface area contributed by atoms with Gasteiger partial charge in [-0.1, -0.05) is 29.3 Å². The van der Waals surface area contributed by atoms with Gasteiger partial charge in [0, 0.05) is 6.04 Å². The number of nitrogens with one attached hydrogen (secondary N) is 1. The number of aryl methyl sites for hydroxylation is 2. The maximum absolute atomic E-state index is 11.2. The average molecular weight is 219 g/mol. The molecule has 1 aromatic carbocycles. The van der Waals surface area contributed by atoms with Crippen LogP contribution in [0.4, 0.5) is 0 Å². The van der Waals surface area contributed by atoms with E-state index in [4.69, 9.17) is 0 Å². The Bertz CT molecular complexity index is 390. The third-order valence-corrected chi connectivity index (χ3v) is 2.80. The number of rotatable bonds is 4. The summed E-state index contributed by atoms with van der Waals surface area (Å²) in [6.07, 6.45) is 2.18. The smallest absolute Gasteiger partial charge is 0.325 e. The van der Waals surface area contributed by atoms with Crippen LogP contribution in [0.25, 0.3) is 0 Å². The van der Waals surface area contributed by atoms with Gasteiger partial charge in [-0.15, -0.1) is 0 Å². The Labute approximate surface area is 95.5 Å².